The standard InChI is InChI=1S/C26H22BrIN4O4/c1-3-16(2)25-30-23-10-7-19(27)13-21(23)26(33)31(25)29-14-18-6-11-24(22(28)12-18)36-15-17-4-8-20(9-5-17)32(34)35/h4-14,16H,3,15H2,1-2H3/t16-/m0/s1. The summed E-state index contributed by atoms with van der Waals surface area (Å²) in [5.41, 5.74) is 2.11. The van der Waals surface area contributed by atoms with Crippen molar-refractivity contribution in [3.63, 3.8) is 0 Å². The normalized spacial score (nSPS) is 12.2. The van der Waals surface area contributed by atoms with E-state index in [1.807, 2.05) is 37.3 Å². The molecule has 0 unspecified atom stereocenters. The van der Waals surface area contributed by atoms with Gasteiger partial charge in [-0.3, -0.25) is 14.9 Å². The first-order valence-electron chi connectivity index (χ1n) is 11.2. The number of hydrogen-bond donors (Lipinski definition) is 0. The Bertz CT molecular complexity index is 1520. The van der Waals surface area contributed by atoms with Crippen molar-refractivity contribution in [3.05, 3.63) is 106 Å². The third-order valence-electron chi connectivity index (χ3n) is 5.71. The zero-order valence-electron chi connectivity index (χ0n) is 19.5. The Kier molecular flexibility index (Phi) is 8.14. The summed E-state index contributed by atoms with van der Waals surface area (Å²) in [6, 6.07) is 17.3. The predicted molar refractivity (Wildman–Crippen MR) is 152 cm³/mol. The lowest BCUT2D eigenvalue weighted by Gasteiger charge is -2.14. The van der Waals surface area contributed by atoms with Crippen LogP contribution in [0.2, 0.25) is 0 Å². The first kappa shape index (κ1) is 26.0. The highest BCUT2D eigenvalue weighted by atomic mass is 127. The van der Waals surface area contributed by atoms with Gasteiger partial charge in [0.2, 0.25) is 0 Å². The first-order chi connectivity index (χ1) is 17.3. The van der Waals surface area contributed by atoms with Gasteiger partial charge in [-0.25, -0.2) is 4.98 Å². The largest absolute Gasteiger partial charge is 0.488 e. The van der Waals surface area contributed by atoms with Crippen LogP contribution in [0.15, 0.2) is 75.0 Å². The maximum Gasteiger partial charge on any atom is 0.282 e. The molecule has 0 aliphatic rings. The molecule has 36 heavy (non-hydrogen) atoms. The minimum Gasteiger partial charge on any atom is -0.488 e. The Hall–Kier alpha value is -3.12. The topological polar surface area (TPSA) is 99.6 Å². The molecule has 0 radical (unpaired) electrons. The molecule has 3 aromatic carbocycles. The summed E-state index contributed by atoms with van der Waals surface area (Å²) >= 11 is 5.61. The quantitative estimate of drug-likeness (QED) is 0.0912. The van der Waals surface area contributed by atoms with Crippen LogP contribution in [0.3, 0.4) is 0 Å². The predicted octanol–water partition coefficient (Wildman–Crippen LogP) is 6.65. The summed E-state index contributed by atoms with van der Waals surface area (Å²) in [7, 11) is 0. The molecule has 0 saturated carbocycles. The Labute approximate surface area is 229 Å². The number of non-ortho nitro benzene ring substituents is 1. The molecule has 0 N–H and O–H groups in total. The molecule has 1 heterocycles. The van der Waals surface area contributed by atoms with Crippen molar-refractivity contribution in [3.8, 4) is 5.75 Å². The molecule has 10 heteroatoms. The average Bonchev–Trinajstić information content (AvgIpc) is 2.87. The lowest BCUT2D eigenvalue weighted by atomic mass is 10.1. The Morgan fingerprint density at radius 3 is 2.61 bits per heavy atom. The van der Waals surface area contributed by atoms with Gasteiger partial charge in [0.05, 0.1) is 25.6 Å². The van der Waals surface area contributed by atoms with Crippen LogP contribution >= 0.6 is 38.5 Å². The minimum atomic E-state index is -0.430. The second-order valence-corrected chi connectivity index (χ2v) is 10.3. The lowest BCUT2D eigenvalue weighted by Crippen LogP contribution is -2.23. The Morgan fingerprint density at radius 2 is 1.94 bits per heavy atom. The van der Waals surface area contributed by atoms with Crippen molar-refractivity contribution in [2.75, 3.05) is 0 Å². The highest BCUT2D eigenvalue weighted by Crippen LogP contribution is 2.24. The van der Waals surface area contributed by atoms with Crippen LogP contribution < -0.4 is 10.3 Å². The molecular formula is C26H22BrIN4O4. The van der Waals surface area contributed by atoms with Crippen molar-refractivity contribution < 1.29 is 9.66 Å². The number of ether oxygens (including phenoxy) is 1. The van der Waals surface area contributed by atoms with E-state index in [4.69, 9.17) is 9.72 Å². The third kappa shape index (κ3) is 5.81. The van der Waals surface area contributed by atoms with Gasteiger partial charge in [-0.15, -0.1) is 0 Å². The van der Waals surface area contributed by atoms with E-state index in [-0.39, 0.29) is 23.8 Å². The van der Waals surface area contributed by atoms with E-state index in [2.05, 4.69) is 50.5 Å². The summed E-state index contributed by atoms with van der Waals surface area (Å²) in [4.78, 5) is 28.4. The van der Waals surface area contributed by atoms with Gasteiger partial charge in [-0.1, -0.05) is 29.8 Å². The summed E-state index contributed by atoms with van der Waals surface area (Å²) in [6.45, 7) is 4.36. The van der Waals surface area contributed by atoms with E-state index >= 15 is 0 Å². The number of nitro benzene ring substituents is 1. The van der Waals surface area contributed by atoms with Gasteiger partial charge in [0.1, 0.15) is 18.2 Å². The van der Waals surface area contributed by atoms with Crippen LogP contribution in [0.5, 0.6) is 5.75 Å². The van der Waals surface area contributed by atoms with Crippen molar-refractivity contribution in [1.29, 1.82) is 0 Å². The molecule has 8 nitrogen and oxygen atoms in total. The zero-order chi connectivity index (χ0) is 25.8. The van der Waals surface area contributed by atoms with E-state index in [1.165, 1.54) is 16.8 Å². The van der Waals surface area contributed by atoms with E-state index in [0.717, 1.165) is 25.6 Å². The number of nitrogens with zero attached hydrogens (tertiary/aromatic N) is 4. The van der Waals surface area contributed by atoms with E-state index in [0.29, 0.717) is 22.5 Å². The fourth-order valence-electron chi connectivity index (χ4n) is 3.49. The first-order valence-corrected chi connectivity index (χ1v) is 13.1. The van der Waals surface area contributed by atoms with Crippen LogP contribution in [0.25, 0.3) is 10.9 Å². The molecule has 0 fully saturated rings. The molecular weight excluding hydrogens is 639 g/mol. The molecule has 0 saturated heterocycles. The molecule has 0 amide bonds. The lowest BCUT2D eigenvalue weighted by molar-refractivity contribution is -0.384. The van der Waals surface area contributed by atoms with Crippen LogP contribution in [0.1, 0.15) is 43.1 Å². The molecule has 0 bridgehead atoms. The number of hydrogen-bond acceptors (Lipinski definition) is 6. The second kappa shape index (κ2) is 11.3. The van der Waals surface area contributed by atoms with Crippen molar-refractivity contribution in [2.24, 2.45) is 5.10 Å². The van der Waals surface area contributed by atoms with Crippen LogP contribution in [-0.2, 0) is 6.61 Å². The monoisotopic (exact) mass is 660 g/mol. The van der Waals surface area contributed by atoms with Crippen LogP contribution in [0.4, 0.5) is 5.69 Å². The van der Waals surface area contributed by atoms with Crippen LogP contribution in [0, 0.1) is 13.7 Å². The average molecular weight is 661 g/mol. The van der Waals surface area contributed by atoms with Gasteiger partial charge in [-0.05, 0) is 88.7 Å². The molecule has 0 aliphatic heterocycles. The molecule has 4 aromatic rings. The Morgan fingerprint density at radius 1 is 1.19 bits per heavy atom. The van der Waals surface area contributed by atoms with Gasteiger partial charge in [-0.2, -0.15) is 9.78 Å². The van der Waals surface area contributed by atoms with E-state index < -0.39 is 4.92 Å². The maximum atomic E-state index is 13.3. The van der Waals surface area contributed by atoms with E-state index in [1.54, 1.807) is 24.4 Å². The number of nitro groups is 1. The van der Waals surface area contributed by atoms with Crippen molar-refractivity contribution in [1.82, 2.24) is 9.66 Å². The summed E-state index contributed by atoms with van der Waals surface area (Å²) in [5.74, 6) is 1.35. The van der Waals surface area contributed by atoms with Crippen LogP contribution in [-0.4, -0.2) is 20.8 Å². The molecule has 184 valence electrons. The highest BCUT2D eigenvalue weighted by molar-refractivity contribution is 14.1. The van der Waals surface area contributed by atoms with E-state index in [9.17, 15) is 14.9 Å². The summed E-state index contributed by atoms with van der Waals surface area (Å²) in [6.07, 6.45) is 2.46. The summed E-state index contributed by atoms with van der Waals surface area (Å²) < 4.78 is 8.95. The number of halogens is 2. The smallest absolute Gasteiger partial charge is 0.282 e. The highest BCUT2D eigenvalue weighted by Gasteiger charge is 2.15. The number of benzene rings is 3. The van der Waals surface area contributed by atoms with Crippen molar-refractivity contribution >= 4 is 61.3 Å². The fourth-order valence-corrected chi connectivity index (χ4v) is 4.55. The molecule has 0 aliphatic carbocycles. The van der Waals surface area contributed by atoms with Gasteiger partial charge in [0.15, 0.2) is 0 Å². The number of fused-ring (bicyclic) bond motifs is 1. The molecule has 4 rings (SSSR count). The van der Waals surface area contributed by atoms with Crippen molar-refractivity contribution in [2.45, 2.75) is 32.8 Å². The summed E-state index contributed by atoms with van der Waals surface area (Å²) in [5, 5.41) is 15.8. The molecule has 0 spiro atoms. The SMILES string of the molecule is CC[C@H](C)c1nc2ccc(Br)cc2c(=O)n1N=Cc1ccc(OCc2ccc([N+](=O)[O-])cc2)c(I)c1. The Balaban J connectivity index is 1.58. The number of rotatable bonds is 8. The fraction of sp³-hybridized carbons (Fsp3) is 0.192. The zero-order valence-corrected chi connectivity index (χ0v) is 23.3. The van der Waals surface area contributed by atoms with Gasteiger partial charge in [0, 0.05) is 22.5 Å². The molecule has 1 aromatic heterocycles. The van der Waals surface area contributed by atoms with Gasteiger partial charge < -0.3 is 4.74 Å². The molecule has 1 atom stereocenters. The minimum absolute atomic E-state index is 0.0433. The maximum absolute atomic E-state index is 13.3. The van der Waals surface area contributed by atoms with Gasteiger partial charge in [0.25, 0.3) is 11.2 Å². The number of aromatic nitrogens is 2. The third-order valence-corrected chi connectivity index (χ3v) is 7.04. The second-order valence-electron chi connectivity index (χ2n) is 8.20. The van der Waals surface area contributed by atoms with Gasteiger partial charge >= 0.3 is 0 Å².